The van der Waals surface area contributed by atoms with E-state index in [4.69, 9.17) is 4.74 Å². The molecule has 14 rings (SSSR count). The lowest BCUT2D eigenvalue weighted by molar-refractivity contribution is 0.449. The SMILES string of the molecule is c1ccc(C2(c3ccccc3)c3ccccc3-c3ccc(-c4ccc(C5(c6ccccc6)c6c(c7ccccc7c7ccccc67)Oc6c5c5ccccc5c5ccccc65)cc4)cc32)cc1. The molecule has 0 bridgehead atoms. The zero-order valence-corrected chi connectivity index (χ0v) is 36.7. The van der Waals surface area contributed by atoms with Gasteiger partial charge in [-0.05, 0) is 94.0 Å². The molecule has 12 aromatic rings. The second-order valence-electron chi connectivity index (χ2n) is 18.2. The van der Waals surface area contributed by atoms with E-state index in [-0.39, 0.29) is 0 Å². The number of rotatable bonds is 5. The molecule has 1 heterocycles. The molecule has 0 saturated heterocycles. The van der Waals surface area contributed by atoms with E-state index in [1.54, 1.807) is 0 Å². The standard InChI is InChI=1S/C66H42O/c1-4-20-45(21-5-1)65(46-22-6-2-7-23-46)59-35-19-18-30-53(59)54-41-38-44(42-60(54)65)43-36-39-48(40-37-43)66(47-24-8-3-9-25-47)61-55-31-14-10-26-49(55)51-28-12-16-33-57(51)63(61)67-64-58-34-17-13-29-52(58)50-27-11-15-32-56(50)62(64)66/h1-42H. The van der Waals surface area contributed by atoms with Gasteiger partial charge in [0.25, 0.3) is 0 Å². The molecule has 0 saturated carbocycles. The summed E-state index contributed by atoms with van der Waals surface area (Å²) < 4.78 is 7.57. The Bertz CT molecular complexity index is 3760. The Labute approximate surface area is 389 Å². The van der Waals surface area contributed by atoms with Crippen molar-refractivity contribution in [3.8, 4) is 33.8 Å². The number of hydrogen-bond donors (Lipinski definition) is 0. The highest BCUT2D eigenvalue weighted by molar-refractivity contribution is 6.18. The van der Waals surface area contributed by atoms with E-state index >= 15 is 0 Å². The minimum Gasteiger partial charge on any atom is -0.455 e. The minimum atomic E-state index is -0.786. The third-order valence-corrected chi connectivity index (χ3v) is 15.0. The summed E-state index contributed by atoms with van der Waals surface area (Å²) in [7, 11) is 0. The van der Waals surface area contributed by atoms with Crippen LogP contribution in [-0.4, -0.2) is 0 Å². The van der Waals surface area contributed by atoms with Gasteiger partial charge in [-0.2, -0.15) is 0 Å². The Morgan fingerprint density at radius 2 is 0.597 bits per heavy atom. The largest absolute Gasteiger partial charge is 0.455 e. The molecular formula is C66H42O. The first-order valence-electron chi connectivity index (χ1n) is 23.3. The molecule has 0 unspecified atom stereocenters. The van der Waals surface area contributed by atoms with Crippen molar-refractivity contribution in [1.82, 2.24) is 0 Å². The fourth-order valence-corrected chi connectivity index (χ4v) is 12.4. The van der Waals surface area contributed by atoms with Crippen molar-refractivity contribution in [3.63, 3.8) is 0 Å². The van der Waals surface area contributed by atoms with Gasteiger partial charge in [0, 0.05) is 21.9 Å². The van der Waals surface area contributed by atoms with Gasteiger partial charge in [-0.15, -0.1) is 0 Å². The van der Waals surface area contributed by atoms with Gasteiger partial charge in [0.15, 0.2) is 0 Å². The van der Waals surface area contributed by atoms with E-state index < -0.39 is 10.8 Å². The van der Waals surface area contributed by atoms with Crippen molar-refractivity contribution in [2.75, 3.05) is 0 Å². The summed E-state index contributed by atoms with van der Waals surface area (Å²) in [5, 5.41) is 9.38. The second-order valence-corrected chi connectivity index (χ2v) is 18.2. The monoisotopic (exact) mass is 850 g/mol. The number of ether oxygens (including phenoxy) is 1. The third kappa shape index (κ3) is 5.14. The first kappa shape index (κ1) is 37.8. The van der Waals surface area contributed by atoms with E-state index in [9.17, 15) is 0 Å². The highest BCUT2D eigenvalue weighted by Crippen LogP contribution is 2.63. The summed E-state index contributed by atoms with van der Waals surface area (Å²) in [6.45, 7) is 0. The molecule has 1 aliphatic carbocycles. The Hall–Kier alpha value is -8.52. The summed E-state index contributed by atoms with van der Waals surface area (Å²) >= 11 is 0. The van der Waals surface area contributed by atoms with Crippen LogP contribution in [0.1, 0.15) is 44.5 Å². The molecule has 0 fully saturated rings. The van der Waals surface area contributed by atoms with E-state index in [1.807, 2.05) is 0 Å². The molecule has 67 heavy (non-hydrogen) atoms. The Morgan fingerprint density at radius 1 is 0.239 bits per heavy atom. The molecule has 0 atom stereocenters. The molecule has 312 valence electrons. The predicted molar refractivity (Wildman–Crippen MR) is 278 cm³/mol. The maximum atomic E-state index is 7.57. The van der Waals surface area contributed by atoms with Crippen LogP contribution in [0.3, 0.4) is 0 Å². The van der Waals surface area contributed by atoms with E-state index in [0.717, 1.165) is 22.3 Å². The van der Waals surface area contributed by atoms with Crippen LogP contribution in [0, 0.1) is 0 Å². The zero-order chi connectivity index (χ0) is 44.1. The highest BCUT2D eigenvalue weighted by Gasteiger charge is 2.50. The van der Waals surface area contributed by atoms with Gasteiger partial charge in [0.2, 0.25) is 0 Å². The molecule has 0 amide bonds. The molecule has 0 aromatic heterocycles. The molecule has 0 radical (unpaired) electrons. The van der Waals surface area contributed by atoms with Gasteiger partial charge in [0.05, 0.1) is 10.8 Å². The maximum Gasteiger partial charge on any atom is 0.140 e. The fourth-order valence-electron chi connectivity index (χ4n) is 12.4. The van der Waals surface area contributed by atoms with Crippen molar-refractivity contribution in [2.24, 2.45) is 0 Å². The van der Waals surface area contributed by atoms with Crippen LogP contribution in [0.5, 0.6) is 11.5 Å². The van der Waals surface area contributed by atoms with Gasteiger partial charge in [-0.25, -0.2) is 0 Å². The second kappa shape index (κ2) is 14.5. The van der Waals surface area contributed by atoms with Crippen LogP contribution < -0.4 is 4.74 Å². The van der Waals surface area contributed by atoms with E-state index in [2.05, 4.69) is 255 Å². The number of fused-ring (bicyclic) bond motifs is 15. The highest BCUT2D eigenvalue weighted by atomic mass is 16.5. The van der Waals surface area contributed by atoms with Crippen LogP contribution >= 0.6 is 0 Å². The first-order chi connectivity index (χ1) is 33.3. The van der Waals surface area contributed by atoms with Crippen LogP contribution in [0.15, 0.2) is 255 Å². The van der Waals surface area contributed by atoms with Gasteiger partial charge >= 0.3 is 0 Å². The maximum absolute atomic E-state index is 7.57. The molecule has 0 spiro atoms. The molecule has 1 nitrogen and oxygen atoms in total. The van der Waals surface area contributed by atoms with Crippen molar-refractivity contribution >= 4 is 43.1 Å². The van der Waals surface area contributed by atoms with Crippen LogP contribution in [0.4, 0.5) is 0 Å². The molecule has 12 aromatic carbocycles. The fraction of sp³-hybridized carbons (Fsp3) is 0.0303. The van der Waals surface area contributed by atoms with Gasteiger partial charge in [0.1, 0.15) is 11.5 Å². The lowest BCUT2D eigenvalue weighted by Gasteiger charge is -2.44. The third-order valence-electron chi connectivity index (χ3n) is 15.0. The Balaban J connectivity index is 1.07. The molecular weight excluding hydrogens is 809 g/mol. The van der Waals surface area contributed by atoms with Crippen molar-refractivity contribution < 1.29 is 4.74 Å². The van der Waals surface area contributed by atoms with Crippen molar-refractivity contribution in [1.29, 1.82) is 0 Å². The van der Waals surface area contributed by atoms with Crippen LogP contribution in [-0.2, 0) is 10.8 Å². The lowest BCUT2D eigenvalue weighted by atomic mass is 9.61. The lowest BCUT2D eigenvalue weighted by Crippen LogP contribution is -2.35. The Kier molecular flexibility index (Phi) is 8.18. The van der Waals surface area contributed by atoms with Crippen LogP contribution in [0.2, 0.25) is 0 Å². The van der Waals surface area contributed by atoms with Crippen LogP contribution in [0.25, 0.3) is 65.3 Å². The smallest absolute Gasteiger partial charge is 0.140 e. The summed E-state index contributed by atoms with van der Waals surface area (Å²) in [5.74, 6) is 1.82. The van der Waals surface area contributed by atoms with Gasteiger partial charge < -0.3 is 4.74 Å². The van der Waals surface area contributed by atoms with Crippen molar-refractivity contribution in [2.45, 2.75) is 10.8 Å². The Morgan fingerprint density at radius 3 is 1.10 bits per heavy atom. The molecule has 2 aliphatic rings. The van der Waals surface area contributed by atoms with Gasteiger partial charge in [-0.1, -0.05) is 249 Å². The van der Waals surface area contributed by atoms with Crippen molar-refractivity contribution in [3.05, 3.63) is 299 Å². The molecule has 0 N–H and O–H groups in total. The number of hydrogen-bond acceptors (Lipinski definition) is 1. The topological polar surface area (TPSA) is 9.23 Å². The molecule has 1 heteroatoms. The number of benzene rings is 12. The average Bonchev–Trinajstić information content (AvgIpc) is 3.71. The summed E-state index contributed by atoms with van der Waals surface area (Å²) in [6.07, 6.45) is 0. The predicted octanol–water partition coefficient (Wildman–Crippen LogP) is 16.8. The summed E-state index contributed by atoms with van der Waals surface area (Å²) in [6, 6.07) is 94.4. The normalized spacial score (nSPS) is 14.0. The van der Waals surface area contributed by atoms with Gasteiger partial charge in [-0.3, -0.25) is 0 Å². The first-order valence-corrected chi connectivity index (χ1v) is 23.3. The average molecular weight is 851 g/mol. The minimum absolute atomic E-state index is 0.481. The zero-order valence-electron chi connectivity index (χ0n) is 36.7. The van der Waals surface area contributed by atoms with E-state index in [1.165, 1.54) is 99.1 Å². The summed E-state index contributed by atoms with van der Waals surface area (Å²) in [4.78, 5) is 0. The molecule has 1 aliphatic heterocycles. The summed E-state index contributed by atoms with van der Waals surface area (Å²) in [5.41, 5.74) is 13.5. The van der Waals surface area contributed by atoms with E-state index in [0.29, 0.717) is 0 Å². The quantitative estimate of drug-likeness (QED) is 0.157.